The van der Waals surface area contributed by atoms with E-state index in [9.17, 15) is 9.18 Å². The van der Waals surface area contributed by atoms with Crippen molar-refractivity contribution in [3.63, 3.8) is 0 Å². The molecule has 146 valence electrons. The summed E-state index contributed by atoms with van der Waals surface area (Å²) in [7, 11) is 1.76. The number of benzene rings is 2. The second-order valence-corrected chi connectivity index (χ2v) is 7.65. The van der Waals surface area contributed by atoms with Crippen molar-refractivity contribution in [3.05, 3.63) is 76.9 Å². The minimum Gasteiger partial charge on any atom is -0.359 e. The highest BCUT2D eigenvalue weighted by molar-refractivity contribution is 5.99. The van der Waals surface area contributed by atoms with Gasteiger partial charge in [0.05, 0.1) is 23.9 Å². The van der Waals surface area contributed by atoms with Crippen molar-refractivity contribution in [2.45, 2.75) is 25.8 Å². The van der Waals surface area contributed by atoms with Crippen molar-refractivity contribution in [2.75, 3.05) is 7.05 Å². The maximum atomic E-state index is 14.0. The van der Waals surface area contributed by atoms with Crippen LogP contribution < -0.4 is 0 Å². The monoisotopic (exact) mass is 389 g/mol. The van der Waals surface area contributed by atoms with Crippen molar-refractivity contribution in [1.29, 1.82) is 0 Å². The van der Waals surface area contributed by atoms with Crippen LogP contribution in [0.4, 0.5) is 4.39 Å². The lowest BCUT2D eigenvalue weighted by atomic mass is 9.80. The van der Waals surface area contributed by atoms with E-state index >= 15 is 0 Å². The van der Waals surface area contributed by atoms with Gasteiger partial charge in [0, 0.05) is 29.6 Å². The molecule has 0 aliphatic heterocycles. The summed E-state index contributed by atoms with van der Waals surface area (Å²) < 4.78 is 19.3. The first-order chi connectivity index (χ1) is 14.0. The Morgan fingerprint density at radius 1 is 1.28 bits per heavy atom. The van der Waals surface area contributed by atoms with Crippen LogP contribution in [-0.4, -0.2) is 28.0 Å². The number of likely N-dealkylation sites (N-methyl/N-ethyl adjacent to an activating group) is 1. The lowest BCUT2D eigenvalue weighted by molar-refractivity contribution is -0.132. The standard InChI is InChI=1S/C23H20FN3O2/c1-13-9-16(29-26-13)12-27(2)23(28)19-10-14-5-3-4-6-17(14)22-21(19)18-11-15(24)7-8-20(18)25-22/h3-9,11,19,25H,10,12H2,1-2H3. The predicted octanol–water partition coefficient (Wildman–Crippen LogP) is 4.57. The zero-order chi connectivity index (χ0) is 20.1. The van der Waals surface area contributed by atoms with Crippen LogP contribution in [0, 0.1) is 12.7 Å². The lowest BCUT2D eigenvalue weighted by Gasteiger charge is -2.28. The molecule has 0 radical (unpaired) electrons. The molecule has 0 fully saturated rings. The van der Waals surface area contributed by atoms with Gasteiger partial charge in [-0.1, -0.05) is 29.4 Å². The molecule has 1 N–H and O–H groups in total. The first-order valence-corrected chi connectivity index (χ1v) is 9.58. The minimum absolute atomic E-state index is 0.0278. The van der Waals surface area contributed by atoms with E-state index in [1.165, 1.54) is 12.1 Å². The Labute approximate surface area is 167 Å². The SMILES string of the molecule is Cc1cc(CN(C)C(=O)C2Cc3ccccc3-c3[nH]c4ccc(F)cc4c32)on1. The van der Waals surface area contributed by atoms with Gasteiger partial charge in [0.15, 0.2) is 5.76 Å². The van der Waals surface area contributed by atoms with Crippen LogP contribution in [-0.2, 0) is 17.8 Å². The van der Waals surface area contributed by atoms with Gasteiger partial charge in [0.25, 0.3) is 0 Å². The number of amides is 1. The second kappa shape index (κ2) is 6.58. The van der Waals surface area contributed by atoms with Gasteiger partial charge in [0.1, 0.15) is 5.82 Å². The number of hydrogen-bond acceptors (Lipinski definition) is 3. The molecule has 0 spiro atoms. The Kier molecular flexibility index (Phi) is 4.01. The minimum atomic E-state index is -0.399. The van der Waals surface area contributed by atoms with E-state index in [1.807, 2.05) is 37.3 Å². The van der Waals surface area contributed by atoms with Crippen molar-refractivity contribution < 1.29 is 13.7 Å². The normalized spacial score (nSPS) is 15.2. The van der Waals surface area contributed by atoms with Crippen LogP contribution in [0.1, 0.15) is 28.5 Å². The fourth-order valence-electron chi connectivity index (χ4n) is 4.30. The van der Waals surface area contributed by atoms with Gasteiger partial charge in [-0.2, -0.15) is 0 Å². The first-order valence-electron chi connectivity index (χ1n) is 9.58. The second-order valence-electron chi connectivity index (χ2n) is 7.65. The van der Waals surface area contributed by atoms with Crippen molar-refractivity contribution in [3.8, 4) is 11.3 Å². The Balaban J connectivity index is 1.60. The molecule has 0 saturated heterocycles. The van der Waals surface area contributed by atoms with E-state index in [4.69, 9.17) is 4.52 Å². The number of nitrogens with one attached hydrogen (secondary N) is 1. The quantitative estimate of drug-likeness (QED) is 0.558. The van der Waals surface area contributed by atoms with Gasteiger partial charge in [-0.05, 0) is 42.7 Å². The Morgan fingerprint density at radius 3 is 2.90 bits per heavy atom. The van der Waals surface area contributed by atoms with E-state index in [2.05, 4.69) is 10.1 Å². The highest BCUT2D eigenvalue weighted by Gasteiger charge is 2.34. The molecule has 6 heteroatoms. The molecule has 1 unspecified atom stereocenters. The largest absolute Gasteiger partial charge is 0.359 e. The molecule has 1 atom stereocenters. The molecule has 2 aromatic carbocycles. The molecule has 4 aromatic rings. The fourth-order valence-corrected chi connectivity index (χ4v) is 4.30. The average Bonchev–Trinajstić information content (AvgIpc) is 3.30. The van der Waals surface area contributed by atoms with Crippen LogP contribution in [0.15, 0.2) is 53.1 Å². The molecule has 5 rings (SSSR count). The number of fused-ring (bicyclic) bond motifs is 5. The number of aryl methyl sites for hydroxylation is 1. The lowest BCUT2D eigenvalue weighted by Crippen LogP contribution is -2.33. The molecule has 1 aliphatic carbocycles. The number of aromatic nitrogens is 2. The summed E-state index contributed by atoms with van der Waals surface area (Å²) >= 11 is 0. The average molecular weight is 389 g/mol. The summed E-state index contributed by atoms with van der Waals surface area (Å²) in [6.45, 7) is 2.18. The summed E-state index contributed by atoms with van der Waals surface area (Å²) in [6.07, 6.45) is 0.575. The third-order valence-corrected chi connectivity index (χ3v) is 5.60. The molecule has 2 aromatic heterocycles. The third-order valence-electron chi connectivity index (χ3n) is 5.60. The van der Waals surface area contributed by atoms with Crippen LogP contribution >= 0.6 is 0 Å². The third kappa shape index (κ3) is 2.92. The summed E-state index contributed by atoms with van der Waals surface area (Å²) in [4.78, 5) is 18.5. The van der Waals surface area contributed by atoms with Gasteiger partial charge >= 0.3 is 0 Å². The van der Waals surface area contributed by atoms with Gasteiger partial charge in [-0.15, -0.1) is 0 Å². The molecule has 0 bridgehead atoms. The van der Waals surface area contributed by atoms with Gasteiger partial charge in [-0.3, -0.25) is 4.79 Å². The van der Waals surface area contributed by atoms with Crippen LogP contribution in [0.25, 0.3) is 22.2 Å². The Hall–Kier alpha value is -3.41. The zero-order valence-corrected chi connectivity index (χ0v) is 16.2. The topological polar surface area (TPSA) is 62.1 Å². The van der Waals surface area contributed by atoms with Crippen molar-refractivity contribution >= 4 is 16.8 Å². The van der Waals surface area contributed by atoms with E-state index in [0.29, 0.717) is 18.7 Å². The zero-order valence-electron chi connectivity index (χ0n) is 16.2. The summed E-state index contributed by atoms with van der Waals surface area (Å²) in [5.41, 5.74) is 5.55. The van der Waals surface area contributed by atoms with Crippen LogP contribution in [0.3, 0.4) is 0 Å². The molecule has 5 nitrogen and oxygen atoms in total. The van der Waals surface area contributed by atoms with Crippen LogP contribution in [0.2, 0.25) is 0 Å². The highest BCUT2D eigenvalue weighted by atomic mass is 19.1. The smallest absolute Gasteiger partial charge is 0.230 e. The predicted molar refractivity (Wildman–Crippen MR) is 108 cm³/mol. The highest BCUT2D eigenvalue weighted by Crippen LogP contribution is 2.44. The maximum Gasteiger partial charge on any atom is 0.230 e. The van der Waals surface area contributed by atoms with E-state index in [0.717, 1.165) is 39.0 Å². The van der Waals surface area contributed by atoms with Gasteiger partial charge in [0.2, 0.25) is 5.91 Å². The number of halogens is 1. The molecular weight excluding hydrogens is 369 g/mol. The number of hydrogen-bond donors (Lipinski definition) is 1. The number of carbonyl (C=O) groups excluding carboxylic acids is 1. The van der Waals surface area contributed by atoms with Crippen molar-refractivity contribution in [1.82, 2.24) is 15.0 Å². The maximum absolute atomic E-state index is 14.0. The number of carbonyl (C=O) groups is 1. The van der Waals surface area contributed by atoms with E-state index in [-0.39, 0.29) is 11.7 Å². The molecule has 1 amide bonds. The summed E-state index contributed by atoms with van der Waals surface area (Å²) in [5.74, 6) is -0.0981. The number of H-pyrrole nitrogens is 1. The van der Waals surface area contributed by atoms with Gasteiger partial charge in [-0.25, -0.2) is 4.39 Å². The van der Waals surface area contributed by atoms with E-state index < -0.39 is 5.92 Å². The van der Waals surface area contributed by atoms with Crippen LogP contribution in [0.5, 0.6) is 0 Å². The summed E-state index contributed by atoms with van der Waals surface area (Å²) in [6, 6.07) is 14.6. The Bertz CT molecular complexity index is 1240. The fraction of sp³-hybridized carbons (Fsp3) is 0.217. The molecule has 2 heterocycles. The van der Waals surface area contributed by atoms with Gasteiger partial charge < -0.3 is 14.4 Å². The number of nitrogens with zero attached hydrogens (tertiary/aromatic N) is 2. The Morgan fingerprint density at radius 2 is 2.10 bits per heavy atom. The molecular formula is C23H20FN3O2. The van der Waals surface area contributed by atoms with E-state index in [1.54, 1.807) is 18.0 Å². The molecule has 0 saturated carbocycles. The summed E-state index contributed by atoms with van der Waals surface area (Å²) in [5, 5.41) is 4.65. The van der Waals surface area contributed by atoms with Crippen molar-refractivity contribution in [2.24, 2.45) is 0 Å². The molecule has 29 heavy (non-hydrogen) atoms. The molecule has 1 aliphatic rings. The first kappa shape index (κ1) is 17.7. The number of aromatic amines is 1. The number of rotatable bonds is 3.